The summed E-state index contributed by atoms with van der Waals surface area (Å²) in [7, 11) is 1.92. The molecule has 4 aromatic rings. The number of fused-ring (bicyclic) bond motifs is 1. The number of nitrogens with zero attached hydrogens (tertiary/aromatic N) is 2. The smallest absolute Gasteiger partial charge is 0.154 e. The van der Waals surface area contributed by atoms with Crippen molar-refractivity contribution in [3.63, 3.8) is 0 Å². The van der Waals surface area contributed by atoms with E-state index in [0.29, 0.717) is 37.1 Å². The third kappa shape index (κ3) is 4.71. The lowest BCUT2D eigenvalue weighted by Crippen LogP contribution is -2.19. The minimum absolute atomic E-state index is 0.125. The van der Waals surface area contributed by atoms with E-state index in [2.05, 4.69) is 4.98 Å². The van der Waals surface area contributed by atoms with Crippen LogP contribution in [-0.4, -0.2) is 34.9 Å². The van der Waals surface area contributed by atoms with Crippen molar-refractivity contribution < 1.29 is 19.0 Å². The average molecular weight is 445 g/mol. The Hall–Kier alpha value is -3.77. The molecule has 1 N–H and O–H groups in total. The second-order valence-electron chi connectivity index (χ2n) is 7.89. The zero-order valence-electron chi connectivity index (χ0n) is 18.6. The van der Waals surface area contributed by atoms with Gasteiger partial charge in [-0.1, -0.05) is 30.3 Å². The van der Waals surface area contributed by atoms with Crippen molar-refractivity contribution >= 4 is 17.2 Å². The summed E-state index contributed by atoms with van der Waals surface area (Å²) in [5.41, 5.74) is 3.99. The van der Waals surface area contributed by atoms with Crippen molar-refractivity contribution in [1.82, 2.24) is 9.88 Å². The molecule has 0 aliphatic rings. The molecule has 0 aliphatic carbocycles. The van der Waals surface area contributed by atoms with Crippen molar-refractivity contribution in [2.75, 3.05) is 13.7 Å². The highest BCUT2D eigenvalue weighted by atomic mass is 19.1. The van der Waals surface area contributed by atoms with Crippen LogP contribution in [0.2, 0.25) is 0 Å². The van der Waals surface area contributed by atoms with Crippen molar-refractivity contribution in [3.05, 3.63) is 89.4 Å². The Morgan fingerprint density at radius 2 is 1.79 bits per heavy atom. The molecule has 168 valence electrons. The molecule has 0 amide bonds. The number of benzene rings is 3. The van der Waals surface area contributed by atoms with Gasteiger partial charge in [-0.2, -0.15) is 0 Å². The zero-order chi connectivity index (χ0) is 23.4. The maximum atomic E-state index is 13.3. The molecule has 6 heteroatoms. The molecule has 0 unspecified atom stereocenters. The number of aromatic hydroxyl groups is 1. The lowest BCUT2D eigenvalue weighted by atomic mass is 9.90. The van der Waals surface area contributed by atoms with E-state index in [1.54, 1.807) is 18.3 Å². The van der Waals surface area contributed by atoms with E-state index in [9.17, 15) is 14.3 Å². The maximum absolute atomic E-state index is 13.3. The fourth-order valence-electron chi connectivity index (χ4n) is 4.10. The fourth-order valence-corrected chi connectivity index (χ4v) is 4.10. The topological polar surface area (TPSA) is 62.7 Å². The first-order valence-electron chi connectivity index (χ1n) is 10.8. The summed E-state index contributed by atoms with van der Waals surface area (Å²) < 4.78 is 18.9. The van der Waals surface area contributed by atoms with E-state index < -0.39 is 0 Å². The Balaban J connectivity index is 1.83. The maximum Gasteiger partial charge on any atom is 0.154 e. The summed E-state index contributed by atoms with van der Waals surface area (Å²) in [6.45, 7) is 3.44. The van der Waals surface area contributed by atoms with Crippen LogP contribution in [0.5, 0.6) is 11.5 Å². The predicted octanol–water partition coefficient (Wildman–Crippen LogP) is 5.59. The SMILES string of the molecule is CCOc1ccc(-c2c(CN(C)Cc3ccc(F)cc3)c(C=O)c(O)c3ncccc23)cc1. The van der Waals surface area contributed by atoms with E-state index in [1.165, 1.54) is 12.1 Å². The third-order valence-corrected chi connectivity index (χ3v) is 5.55. The van der Waals surface area contributed by atoms with Gasteiger partial charge in [0.25, 0.3) is 0 Å². The second-order valence-corrected chi connectivity index (χ2v) is 7.89. The molecule has 1 aromatic heterocycles. The van der Waals surface area contributed by atoms with Crippen LogP contribution < -0.4 is 4.74 Å². The summed E-state index contributed by atoms with van der Waals surface area (Å²) in [6, 6.07) is 17.7. The van der Waals surface area contributed by atoms with Gasteiger partial charge in [0.15, 0.2) is 12.0 Å². The zero-order valence-corrected chi connectivity index (χ0v) is 18.6. The Bertz CT molecular complexity index is 1270. The number of aldehydes is 1. The Morgan fingerprint density at radius 3 is 2.45 bits per heavy atom. The quantitative estimate of drug-likeness (QED) is 0.359. The van der Waals surface area contributed by atoms with Gasteiger partial charge in [-0.3, -0.25) is 14.7 Å². The summed E-state index contributed by atoms with van der Waals surface area (Å²) in [5, 5.41) is 11.6. The van der Waals surface area contributed by atoms with Crippen molar-refractivity contribution in [3.8, 4) is 22.6 Å². The molecule has 0 saturated carbocycles. The number of carbonyl (C=O) groups is 1. The van der Waals surface area contributed by atoms with Crippen LogP contribution in [0.1, 0.15) is 28.4 Å². The summed E-state index contributed by atoms with van der Waals surface area (Å²) in [4.78, 5) is 18.5. The van der Waals surface area contributed by atoms with E-state index >= 15 is 0 Å². The third-order valence-electron chi connectivity index (χ3n) is 5.55. The van der Waals surface area contributed by atoms with Crippen LogP contribution in [0.25, 0.3) is 22.0 Å². The van der Waals surface area contributed by atoms with E-state index in [4.69, 9.17) is 4.74 Å². The number of rotatable bonds is 8. The first-order valence-corrected chi connectivity index (χ1v) is 10.8. The molecule has 0 radical (unpaired) electrons. The van der Waals surface area contributed by atoms with Crippen LogP contribution in [0.3, 0.4) is 0 Å². The van der Waals surface area contributed by atoms with Gasteiger partial charge in [0.2, 0.25) is 0 Å². The molecule has 0 saturated heterocycles. The van der Waals surface area contributed by atoms with Gasteiger partial charge >= 0.3 is 0 Å². The molecule has 0 fully saturated rings. The number of phenols is 1. The molecule has 0 bridgehead atoms. The summed E-state index contributed by atoms with van der Waals surface area (Å²) >= 11 is 0. The standard InChI is InChI=1S/C27H25FN2O3/c1-3-33-21-12-8-19(9-13-21)25-22-5-4-14-29-26(22)27(32)24(17-31)23(25)16-30(2)15-18-6-10-20(28)11-7-18/h4-14,17,32H,3,15-16H2,1-2H3. The fraction of sp³-hybridized carbons (Fsp3) is 0.185. The van der Waals surface area contributed by atoms with Gasteiger partial charge in [0, 0.05) is 24.7 Å². The summed E-state index contributed by atoms with van der Waals surface area (Å²) in [6.07, 6.45) is 2.28. The molecule has 0 spiro atoms. The van der Waals surface area contributed by atoms with Gasteiger partial charge in [-0.25, -0.2) is 4.39 Å². The molecule has 4 rings (SSSR count). The Labute approximate surface area is 192 Å². The average Bonchev–Trinajstić information content (AvgIpc) is 2.82. The first kappa shape index (κ1) is 22.4. The van der Waals surface area contributed by atoms with Crippen molar-refractivity contribution in [2.45, 2.75) is 20.0 Å². The number of halogens is 1. The minimum atomic E-state index is -0.283. The summed E-state index contributed by atoms with van der Waals surface area (Å²) in [5.74, 6) is 0.350. The van der Waals surface area contributed by atoms with E-state index in [1.807, 2.05) is 55.3 Å². The van der Waals surface area contributed by atoms with Gasteiger partial charge in [0.05, 0.1) is 12.2 Å². The van der Waals surface area contributed by atoms with Crippen LogP contribution in [-0.2, 0) is 13.1 Å². The van der Waals surface area contributed by atoms with Crippen LogP contribution in [0.4, 0.5) is 4.39 Å². The number of hydrogen-bond donors (Lipinski definition) is 1. The Kier molecular flexibility index (Phi) is 6.66. The number of hydrogen-bond acceptors (Lipinski definition) is 5. The van der Waals surface area contributed by atoms with Crippen LogP contribution >= 0.6 is 0 Å². The highest BCUT2D eigenvalue weighted by molar-refractivity contribution is 6.05. The highest BCUT2D eigenvalue weighted by Gasteiger charge is 2.22. The number of carbonyl (C=O) groups excluding carboxylic acids is 1. The second kappa shape index (κ2) is 9.79. The van der Waals surface area contributed by atoms with Crippen LogP contribution in [0.15, 0.2) is 66.9 Å². The molecule has 1 heterocycles. The molecular weight excluding hydrogens is 419 g/mol. The van der Waals surface area contributed by atoms with Crippen molar-refractivity contribution in [2.24, 2.45) is 0 Å². The van der Waals surface area contributed by atoms with Gasteiger partial charge in [0.1, 0.15) is 17.1 Å². The molecule has 3 aromatic carbocycles. The molecule has 0 atom stereocenters. The normalized spacial score (nSPS) is 11.2. The monoisotopic (exact) mass is 444 g/mol. The van der Waals surface area contributed by atoms with Crippen LogP contribution in [0, 0.1) is 5.82 Å². The number of aromatic nitrogens is 1. The van der Waals surface area contributed by atoms with Crippen molar-refractivity contribution in [1.29, 1.82) is 0 Å². The Morgan fingerprint density at radius 1 is 1.06 bits per heavy atom. The number of pyridine rings is 1. The first-order chi connectivity index (χ1) is 16.0. The lowest BCUT2D eigenvalue weighted by molar-refractivity contribution is 0.111. The molecule has 0 aliphatic heterocycles. The number of phenolic OH excluding ortho intramolecular Hbond substituents is 1. The molecule has 5 nitrogen and oxygen atoms in total. The van der Waals surface area contributed by atoms with Gasteiger partial charge in [-0.15, -0.1) is 0 Å². The van der Waals surface area contributed by atoms with Gasteiger partial charge in [-0.05, 0) is 66.6 Å². The predicted molar refractivity (Wildman–Crippen MR) is 127 cm³/mol. The van der Waals surface area contributed by atoms with E-state index in [-0.39, 0.29) is 17.1 Å². The lowest BCUT2D eigenvalue weighted by Gasteiger charge is -2.23. The largest absolute Gasteiger partial charge is 0.505 e. The van der Waals surface area contributed by atoms with E-state index in [0.717, 1.165) is 27.8 Å². The number of ether oxygens (including phenoxy) is 1. The minimum Gasteiger partial charge on any atom is -0.505 e. The molecular formula is C27H25FN2O3. The van der Waals surface area contributed by atoms with Gasteiger partial charge < -0.3 is 9.84 Å². The molecule has 33 heavy (non-hydrogen) atoms. The highest BCUT2D eigenvalue weighted by Crippen LogP contribution is 2.40.